The molecule has 0 aromatic heterocycles. The van der Waals surface area contributed by atoms with E-state index in [1.807, 2.05) is 0 Å². The second-order valence-corrected chi connectivity index (χ2v) is 5.97. The van der Waals surface area contributed by atoms with Crippen LogP contribution in [-0.4, -0.2) is 52.8 Å². The molecule has 15 heavy (non-hydrogen) atoms. The molecular weight excluding hydrogens is 208 g/mol. The molecule has 0 spiro atoms. The Morgan fingerprint density at radius 2 is 2.33 bits per heavy atom. The van der Waals surface area contributed by atoms with E-state index in [1.165, 1.54) is 6.42 Å². The van der Waals surface area contributed by atoms with Crippen LogP contribution in [0.5, 0.6) is 0 Å². The van der Waals surface area contributed by atoms with Crippen LogP contribution in [0.1, 0.15) is 26.7 Å². The molecule has 1 rings (SSSR count). The van der Waals surface area contributed by atoms with Crippen molar-refractivity contribution in [2.75, 3.05) is 31.6 Å². The lowest BCUT2D eigenvalue weighted by atomic mass is 10.1. The van der Waals surface area contributed by atoms with Crippen molar-refractivity contribution in [2.24, 2.45) is 0 Å². The van der Waals surface area contributed by atoms with Crippen molar-refractivity contribution < 1.29 is 4.21 Å². The summed E-state index contributed by atoms with van der Waals surface area (Å²) < 4.78 is 11.1. The predicted molar refractivity (Wildman–Crippen MR) is 66.7 cm³/mol. The Kier molecular flexibility index (Phi) is 5.79. The molecule has 90 valence electrons. The summed E-state index contributed by atoms with van der Waals surface area (Å²) >= 11 is 0. The van der Waals surface area contributed by atoms with E-state index in [2.05, 4.69) is 24.1 Å². The number of nitrogens with one attached hydrogen (secondary N) is 1. The smallest absolute Gasteiger partial charge is 0.0246 e. The lowest BCUT2D eigenvalue weighted by Crippen LogP contribution is -2.54. The first-order chi connectivity index (χ1) is 7.15. The third-order valence-corrected chi connectivity index (χ3v) is 4.07. The highest BCUT2D eigenvalue weighted by Crippen LogP contribution is 2.13. The molecule has 0 aliphatic carbocycles. The average molecular weight is 232 g/mol. The van der Waals surface area contributed by atoms with E-state index in [-0.39, 0.29) is 0 Å². The van der Waals surface area contributed by atoms with Crippen LogP contribution >= 0.6 is 0 Å². The van der Waals surface area contributed by atoms with Gasteiger partial charge >= 0.3 is 0 Å². The summed E-state index contributed by atoms with van der Waals surface area (Å²) in [5, 5.41) is 3.43. The summed E-state index contributed by atoms with van der Waals surface area (Å²) in [6.07, 6.45) is 4.05. The minimum atomic E-state index is -0.646. The van der Waals surface area contributed by atoms with Gasteiger partial charge in [0.25, 0.3) is 0 Å². The first-order valence-corrected chi connectivity index (χ1v) is 7.64. The Bertz CT molecular complexity index is 211. The topological polar surface area (TPSA) is 32.3 Å². The van der Waals surface area contributed by atoms with Gasteiger partial charge in [0.2, 0.25) is 0 Å². The number of piperazine rings is 1. The quantitative estimate of drug-likeness (QED) is 0.762. The van der Waals surface area contributed by atoms with Crippen molar-refractivity contribution >= 4 is 10.8 Å². The summed E-state index contributed by atoms with van der Waals surface area (Å²) in [6, 6.07) is 1.24. The minimum Gasteiger partial charge on any atom is -0.314 e. The molecule has 1 aliphatic heterocycles. The van der Waals surface area contributed by atoms with Crippen LogP contribution in [0.15, 0.2) is 0 Å². The maximum atomic E-state index is 11.1. The van der Waals surface area contributed by atoms with Crippen LogP contribution in [0.4, 0.5) is 0 Å². The van der Waals surface area contributed by atoms with E-state index in [0.29, 0.717) is 12.1 Å². The summed E-state index contributed by atoms with van der Waals surface area (Å²) in [5.41, 5.74) is 0. The highest BCUT2D eigenvalue weighted by molar-refractivity contribution is 7.84. The molecule has 4 heteroatoms. The fourth-order valence-electron chi connectivity index (χ4n) is 2.24. The molecule has 3 atom stereocenters. The van der Waals surface area contributed by atoms with Crippen molar-refractivity contribution in [3.8, 4) is 0 Å². The molecule has 1 aliphatic rings. The Hall–Kier alpha value is 0.0700. The van der Waals surface area contributed by atoms with Gasteiger partial charge in [0, 0.05) is 54.5 Å². The third kappa shape index (κ3) is 4.21. The molecule has 0 amide bonds. The number of hydrogen-bond donors (Lipinski definition) is 1. The molecule has 0 radical (unpaired) electrons. The van der Waals surface area contributed by atoms with Crippen LogP contribution in [0, 0.1) is 0 Å². The summed E-state index contributed by atoms with van der Waals surface area (Å²) in [4.78, 5) is 2.57. The number of hydrogen-bond acceptors (Lipinski definition) is 3. The van der Waals surface area contributed by atoms with Gasteiger partial charge in [0.15, 0.2) is 0 Å². The van der Waals surface area contributed by atoms with E-state index in [4.69, 9.17) is 0 Å². The molecule has 3 unspecified atom stereocenters. The van der Waals surface area contributed by atoms with Gasteiger partial charge in [0.05, 0.1) is 0 Å². The highest BCUT2D eigenvalue weighted by Gasteiger charge is 2.24. The van der Waals surface area contributed by atoms with Crippen LogP contribution in [0.25, 0.3) is 0 Å². The molecule has 3 nitrogen and oxygen atoms in total. The third-order valence-electron chi connectivity index (χ3n) is 3.26. The standard InChI is InChI=1S/C11H24N2OS/c1-4-11-9-12-6-7-13(11)10(2)5-8-15(3)14/h10-12H,4-9H2,1-3H3. The van der Waals surface area contributed by atoms with Crippen LogP contribution < -0.4 is 5.32 Å². The second kappa shape index (κ2) is 6.61. The predicted octanol–water partition coefficient (Wildman–Crippen LogP) is 0.827. The first kappa shape index (κ1) is 13.1. The van der Waals surface area contributed by atoms with Crippen molar-refractivity contribution in [3.05, 3.63) is 0 Å². The van der Waals surface area contributed by atoms with Crippen molar-refractivity contribution in [3.63, 3.8) is 0 Å². The number of nitrogens with zero attached hydrogens (tertiary/aromatic N) is 1. The van der Waals surface area contributed by atoms with Gasteiger partial charge in [-0.2, -0.15) is 0 Å². The lowest BCUT2D eigenvalue weighted by molar-refractivity contribution is 0.110. The van der Waals surface area contributed by atoms with Crippen molar-refractivity contribution in [2.45, 2.75) is 38.8 Å². The maximum Gasteiger partial charge on any atom is 0.0246 e. The Balaban J connectivity index is 2.40. The van der Waals surface area contributed by atoms with Crippen LogP contribution in [0.2, 0.25) is 0 Å². The highest BCUT2D eigenvalue weighted by atomic mass is 32.2. The van der Waals surface area contributed by atoms with E-state index in [1.54, 1.807) is 6.26 Å². The van der Waals surface area contributed by atoms with E-state index in [0.717, 1.165) is 31.8 Å². The summed E-state index contributed by atoms with van der Waals surface area (Å²) in [6.45, 7) is 7.85. The molecule has 1 saturated heterocycles. The average Bonchev–Trinajstić information content (AvgIpc) is 2.25. The van der Waals surface area contributed by atoms with Crippen molar-refractivity contribution in [1.82, 2.24) is 10.2 Å². The van der Waals surface area contributed by atoms with Gasteiger partial charge < -0.3 is 5.32 Å². The Labute approximate surface area is 96.1 Å². The molecule has 0 aromatic carbocycles. The second-order valence-electron chi connectivity index (χ2n) is 4.42. The molecule has 0 bridgehead atoms. The molecule has 1 heterocycles. The van der Waals surface area contributed by atoms with Gasteiger partial charge in [0.1, 0.15) is 0 Å². The van der Waals surface area contributed by atoms with Gasteiger partial charge in [-0.1, -0.05) is 6.92 Å². The fourth-order valence-corrected chi connectivity index (χ4v) is 2.91. The van der Waals surface area contributed by atoms with E-state index >= 15 is 0 Å². The van der Waals surface area contributed by atoms with Gasteiger partial charge in [-0.25, -0.2) is 0 Å². The number of rotatable bonds is 5. The van der Waals surface area contributed by atoms with Gasteiger partial charge in [-0.05, 0) is 19.8 Å². The lowest BCUT2D eigenvalue weighted by Gasteiger charge is -2.40. The normalized spacial score (nSPS) is 27.5. The zero-order chi connectivity index (χ0) is 11.3. The van der Waals surface area contributed by atoms with E-state index in [9.17, 15) is 4.21 Å². The van der Waals surface area contributed by atoms with Crippen LogP contribution in [-0.2, 0) is 10.8 Å². The van der Waals surface area contributed by atoms with Gasteiger partial charge in [-0.3, -0.25) is 9.11 Å². The molecule has 1 fully saturated rings. The largest absolute Gasteiger partial charge is 0.314 e. The van der Waals surface area contributed by atoms with Crippen molar-refractivity contribution in [1.29, 1.82) is 0 Å². The maximum absolute atomic E-state index is 11.1. The zero-order valence-corrected chi connectivity index (χ0v) is 11.0. The van der Waals surface area contributed by atoms with Gasteiger partial charge in [-0.15, -0.1) is 0 Å². The summed E-state index contributed by atoms with van der Waals surface area (Å²) in [5.74, 6) is 0.835. The monoisotopic (exact) mass is 232 g/mol. The SMILES string of the molecule is CCC1CNCCN1C(C)CCS(C)=O. The first-order valence-electron chi connectivity index (χ1n) is 5.91. The zero-order valence-electron chi connectivity index (χ0n) is 10.2. The summed E-state index contributed by atoms with van der Waals surface area (Å²) in [7, 11) is -0.646. The molecule has 1 N–H and O–H groups in total. The minimum absolute atomic E-state index is 0.570. The Morgan fingerprint density at radius 1 is 1.60 bits per heavy atom. The molecular formula is C11H24N2OS. The van der Waals surface area contributed by atoms with E-state index < -0.39 is 10.8 Å². The van der Waals surface area contributed by atoms with Crippen LogP contribution in [0.3, 0.4) is 0 Å². The Morgan fingerprint density at radius 3 is 2.93 bits per heavy atom. The molecule has 0 aromatic rings. The fraction of sp³-hybridized carbons (Fsp3) is 1.00. The molecule has 0 saturated carbocycles.